The van der Waals surface area contributed by atoms with Crippen molar-refractivity contribution in [3.05, 3.63) is 58.9 Å². The van der Waals surface area contributed by atoms with Gasteiger partial charge in [-0.25, -0.2) is 0 Å². The van der Waals surface area contributed by atoms with Gasteiger partial charge in [-0.05, 0) is 36.8 Å². The van der Waals surface area contributed by atoms with Gasteiger partial charge < -0.3 is 10.2 Å². The summed E-state index contributed by atoms with van der Waals surface area (Å²) < 4.78 is 0. The molecule has 0 aliphatic carbocycles. The lowest BCUT2D eigenvalue weighted by atomic mass is 10.1. The zero-order chi connectivity index (χ0) is 17.1. The zero-order valence-electron chi connectivity index (χ0n) is 13.3. The van der Waals surface area contributed by atoms with E-state index in [1.807, 2.05) is 37.3 Å². The van der Waals surface area contributed by atoms with E-state index < -0.39 is 0 Å². The van der Waals surface area contributed by atoms with Gasteiger partial charge in [0, 0.05) is 29.9 Å². The largest absolute Gasteiger partial charge is 0.350 e. The van der Waals surface area contributed by atoms with Crippen molar-refractivity contribution in [3.8, 4) is 0 Å². The van der Waals surface area contributed by atoms with Gasteiger partial charge >= 0.3 is 0 Å². The fraction of sp³-hybridized carbons (Fsp3) is 0.278. The Balaban J connectivity index is 1.63. The quantitative estimate of drug-likeness (QED) is 0.928. The van der Waals surface area contributed by atoms with Gasteiger partial charge in [-0.1, -0.05) is 23.7 Å². The Bertz CT molecular complexity index is 764. The first-order valence-electron chi connectivity index (χ1n) is 7.79. The molecule has 6 heteroatoms. The summed E-state index contributed by atoms with van der Waals surface area (Å²) in [4.78, 5) is 30.4. The highest BCUT2D eigenvalue weighted by molar-refractivity contribution is 6.31. The number of pyridine rings is 1. The number of carbonyl (C=O) groups excluding carboxylic acids is 2. The molecule has 24 heavy (non-hydrogen) atoms. The molecule has 1 fully saturated rings. The number of hydrogen-bond donors (Lipinski definition) is 1. The molecule has 1 atom stereocenters. The molecule has 124 valence electrons. The predicted octanol–water partition coefficient (Wildman–Crippen LogP) is 2.71. The van der Waals surface area contributed by atoms with Crippen LogP contribution in [0.3, 0.4) is 0 Å². The van der Waals surface area contributed by atoms with E-state index >= 15 is 0 Å². The van der Waals surface area contributed by atoms with E-state index in [4.69, 9.17) is 11.6 Å². The van der Waals surface area contributed by atoms with Crippen molar-refractivity contribution in [2.75, 3.05) is 11.4 Å². The van der Waals surface area contributed by atoms with Gasteiger partial charge in [0.2, 0.25) is 11.8 Å². The SMILES string of the molecule is Cc1ccc(N2CC(C(=O)NCc3ccccn3)CC2=O)cc1Cl. The Kier molecular flexibility index (Phi) is 4.81. The molecule has 1 aromatic heterocycles. The van der Waals surface area contributed by atoms with Gasteiger partial charge in [0.25, 0.3) is 0 Å². The van der Waals surface area contributed by atoms with Gasteiger partial charge in [0.1, 0.15) is 0 Å². The number of nitrogens with zero attached hydrogens (tertiary/aromatic N) is 2. The summed E-state index contributed by atoms with van der Waals surface area (Å²) >= 11 is 6.13. The van der Waals surface area contributed by atoms with E-state index in [0.717, 1.165) is 16.9 Å². The minimum Gasteiger partial charge on any atom is -0.350 e. The second kappa shape index (κ2) is 7.01. The van der Waals surface area contributed by atoms with Crippen molar-refractivity contribution in [1.29, 1.82) is 0 Å². The Hall–Kier alpha value is -2.40. The topological polar surface area (TPSA) is 62.3 Å². The molecule has 2 heterocycles. The standard InChI is InChI=1S/C18H18ClN3O2/c1-12-5-6-15(9-16(12)19)22-11-13(8-17(22)23)18(24)21-10-14-4-2-3-7-20-14/h2-7,9,13H,8,10-11H2,1H3,(H,21,24). The number of anilines is 1. The molecular formula is C18H18ClN3O2. The van der Waals surface area contributed by atoms with E-state index in [1.165, 1.54) is 0 Å². The van der Waals surface area contributed by atoms with Crippen molar-refractivity contribution in [3.63, 3.8) is 0 Å². The molecule has 1 aliphatic rings. The lowest BCUT2D eigenvalue weighted by Crippen LogP contribution is -2.32. The molecule has 1 N–H and O–H groups in total. The third-order valence-electron chi connectivity index (χ3n) is 4.13. The number of benzene rings is 1. The van der Waals surface area contributed by atoms with Crippen LogP contribution in [0.5, 0.6) is 0 Å². The van der Waals surface area contributed by atoms with Gasteiger partial charge in [-0.15, -0.1) is 0 Å². The first-order valence-corrected chi connectivity index (χ1v) is 8.16. The Morgan fingerprint density at radius 2 is 2.21 bits per heavy atom. The molecule has 0 radical (unpaired) electrons. The molecule has 5 nitrogen and oxygen atoms in total. The van der Waals surface area contributed by atoms with E-state index in [1.54, 1.807) is 17.2 Å². The zero-order valence-corrected chi connectivity index (χ0v) is 14.1. The third-order valence-corrected chi connectivity index (χ3v) is 4.54. The maximum Gasteiger partial charge on any atom is 0.227 e. The van der Waals surface area contributed by atoms with Crippen LogP contribution in [0.4, 0.5) is 5.69 Å². The number of halogens is 1. The van der Waals surface area contributed by atoms with E-state index in [9.17, 15) is 9.59 Å². The molecule has 0 saturated carbocycles. The molecule has 3 rings (SSSR count). The maximum absolute atomic E-state index is 12.3. The van der Waals surface area contributed by atoms with Crippen LogP contribution in [0, 0.1) is 12.8 Å². The minimum absolute atomic E-state index is 0.0621. The van der Waals surface area contributed by atoms with Crippen LogP contribution in [-0.2, 0) is 16.1 Å². The highest BCUT2D eigenvalue weighted by Crippen LogP contribution is 2.28. The van der Waals surface area contributed by atoms with Crippen LogP contribution < -0.4 is 10.2 Å². The first-order chi connectivity index (χ1) is 11.5. The van der Waals surface area contributed by atoms with Gasteiger partial charge in [-0.3, -0.25) is 14.6 Å². The van der Waals surface area contributed by atoms with E-state index in [2.05, 4.69) is 10.3 Å². The molecule has 1 aromatic carbocycles. The average molecular weight is 344 g/mol. The second-order valence-corrected chi connectivity index (χ2v) is 6.28. The smallest absolute Gasteiger partial charge is 0.227 e. The van der Waals surface area contributed by atoms with Gasteiger partial charge in [0.15, 0.2) is 0 Å². The Morgan fingerprint density at radius 1 is 1.38 bits per heavy atom. The van der Waals surface area contributed by atoms with Crippen LogP contribution in [0.15, 0.2) is 42.6 Å². The Labute approximate surface area is 145 Å². The Morgan fingerprint density at radius 3 is 2.92 bits per heavy atom. The van der Waals surface area contributed by atoms with Crippen LogP contribution in [-0.4, -0.2) is 23.3 Å². The molecule has 0 spiro atoms. The summed E-state index contributed by atoms with van der Waals surface area (Å²) in [5.41, 5.74) is 2.48. The fourth-order valence-corrected chi connectivity index (χ4v) is 2.88. The van der Waals surface area contributed by atoms with E-state index in [0.29, 0.717) is 18.1 Å². The predicted molar refractivity (Wildman–Crippen MR) is 92.7 cm³/mol. The molecule has 1 unspecified atom stereocenters. The maximum atomic E-state index is 12.3. The molecule has 2 aromatic rings. The number of nitrogens with one attached hydrogen (secondary N) is 1. The van der Waals surface area contributed by atoms with Crippen molar-refractivity contribution in [2.45, 2.75) is 19.9 Å². The van der Waals surface area contributed by atoms with E-state index in [-0.39, 0.29) is 24.2 Å². The molecule has 1 aliphatic heterocycles. The number of amides is 2. The number of aryl methyl sites for hydroxylation is 1. The summed E-state index contributed by atoms with van der Waals surface area (Å²) in [6.45, 7) is 2.64. The van der Waals surface area contributed by atoms with Crippen molar-refractivity contribution in [1.82, 2.24) is 10.3 Å². The molecular weight excluding hydrogens is 326 g/mol. The van der Waals surface area contributed by atoms with Crippen LogP contribution in [0.2, 0.25) is 5.02 Å². The number of aromatic nitrogens is 1. The highest BCUT2D eigenvalue weighted by Gasteiger charge is 2.35. The number of rotatable bonds is 4. The number of hydrogen-bond acceptors (Lipinski definition) is 3. The lowest BCUT2D eigenvalue weighted by molar-refractivity contribution is -0.126. The molecule has 1 saturated heterocycles. The van der Waals surface area contributed by atoms with Crippen LogP contribution in [0.25, 0.3) is 0 Å². The molecule has 0 bridgehead atoms. The summed E-state index contributed by atoms with van der Waals surface area (Å²) in [6.07, 6.45) is 1.89. The van der Waals surface area contributed by atoms with Crippen LogP contribution in [0.1, 0.15) is 17.7 Å². The molecule has 2 amide bonds. The summed E-state index contributed by atoms with van der Waals surface area (Å²) in [7, 11) is 0. The normalized spacial score (nSPS) is 17.2. The summed E-state index contributed by atoms with van der Waals surface area (Å²) in [5, 5.41) is 3.46. The van der Waals surface area contributed by atoms with Crippen LogP contribution >= 0.6 is 11.6 Å². The monoisotopic (exact) mass is 343 g/mol. The average Bonchev–Trinajstić information content (AvgIpc) is 2.98. The van der Waals surface area contributed by atoms with Crippen molar-refractivity contribution >= 4 is 29.1 Å². The summed E-state index contributed by atoms with van der Waals surface area (Å²) in [6, 6.07) is 11.0. The first kappa shape index (κ1) is 16.5. The van der Waals surface area contributed by atoms with Gasteiger partial charge in [-0.2, -0.15) is 0 Å². The van der Waals surface area contributed by atoms with Gasteiger partial charge in [0.05, 0.1) is 18.2 Å². The van der Waals surface area contributed by atoms with Crippen molar-refractivity contribution < 1.29 is 9.59 Å². The third kappa shape index (κ3) is 3.57. The summed E-state index contributed by atoms with van der Waals surface area (Å²) in [5.74, 6) is -0.552. The second-order valence-electron chi connectivity index (χ2n) is 5.88. The lowest BCUT2D eigenvalue weighted by Gasteiger charge is -2.17. The fourth-order valence-electron chi connectivity index (χ4n) is 2.71. The minimum atomic E-state index is -0.360. The number of carbonyl (C=O) groups is 2. The van der Waals surface area contributed by atoms with Crippen molar-refractivity contribution in [2.24, 2.45) is 5.92 Å². The highest BCUT2D eigenvalue weighted by atomic mass is 35.5.